The molecule has 0 fully saturated rings. The smallest absolute Gasteiger partial charge is 0.0481 e. The largest absolute Gasteiger partial charge is 0.0693 e. The highest BCUT2D eigenvalue weighted by Crippen LogP contribution is 2.38. The van der Waals surface area contributed by atoms with Crippen LogP contribution in [0.4, 0.5) is 0 Å². The first-order valence-electron chi connectivity index (χ1n) is 7.02. The van der Waals surface area contributed by atoms with E-state index in [9.17, 15) is 0 Å². The summed E-state index contributed by atoms with van der Waals surface area (Å²) in [5.41, 5.74) is 0. The average Bonchev–Trinajstić information content (AvgIpc) is 2.07. The van der Waals surface area contributed by atoms with E-state index in [1.165, 1.54) is 25.7 Å². The number of hydrogen-bond donors (Lipinski definition) is 0. The molecule has 0 amide bonds. The predicted molar refractivity (Wildman–Crippen MR) is 83.2 cm³/mol. The normalized spacial score (nSPS) is 15.6. The second-order valence-electron chi connectivity index (χ2n) is 7.16. The van der Waals surface area contributed by atoms with E-state index < -0.39 is 16.1 Å². The molecule has 0 aliphatic heterocycles. The fraction of sp³-hybridized carbons (Fsp3) is 0.929. The Morgan fingerprint density at radius 1 is 0.875 bits per heavy atom. The Kier molecular flexibility index (Phi) is 6.56. The minimum Gasteiger partial charge on any atom is -0.0693 e. The molecule has 0 aromatic rings. The SMILES string of the molecule is CCCCC(CC)[C]([Si](C)(C)C)[Si](C)(C)C. The van der Waals surface area contributed by atoms with Crippen LogP contribution in [-0.2, 0) is 0 Å². The minimum absolute atomic E-state index is 0.929. The van der Waals surface area contributed by atoms with Crippen LogP contribution in [0.1, 0.15) is 39.5 Å². The molecule has 0 nitrogen and oxygen atoms in total. The van der Waals surface area contributed by atoms with Crippen molar-refractivity contribution in [1.29, 1.82) is 0 Å². The molecule has 0 saturated heterocycles. The summed E-state index contributed by atoms with van der Waals surface area (Å²) in [5, 5.41) is 2.04. The molecular weight excluding hydrogens is 224 g/mol. The van der Waals surface area contributed by atoms with Crippen molar-refractivity contribution in [3.63, 3.8) is 0 Å². The first kappa shape index (κ1) is 16.4. The molecule has 0 saturated carbocycles. The molecule has 0 aromatic heterocycles. The van der Waals surface area contributed by atoms with Gasteiger partial charge in [-0.3, -0.25) is 0 Å². The summed E-state index contributed by atoms with van der Waals surface area (Å²) in [5.74, 6) is 0.929. The maximum absolute atomic E-state index is 2.55. The van der Waals surface area contributed by atoms with Gasteiger partial charge in [-0.15, -0.1) is 0 Å². The minimum atomic E-state index is -1.08. The van der Waals surface area contributed by atoms with Crippen molar-refractivity contribution in [2.45, 2.75) is 78.8 Å². The highest BCUT2D eigenvalue weighted by Gasteiger charge is 2.41. The van der Waals surface area contributed by atoms with E-state index >= 15 is 0 Å². The molecule has 0 N–H and O–H groups in total. The van der Waals surface area contributed by atoms with Gasteiger partial charge in [0.2, 0.25) is 0 Å². The van der Waals surface area contributed by atoms with Gasteiger partial charge in [0.1, 0.15) is 0 Å². The van der Waals surface area contributed by atoms with Crippen LogP contribution in [0.15, 0.2) is 0 Å². The first-order valence-corrected chi connectivity index (χ1v) is 14.0. The van der Waals surface area contributed by atoms with E-state index in [0.29, 0.717) is 0 Å². The van der Waals surface area contributed by atoms with Crippen molar-refractivity contribution in [3.05, 3.63) is 5.16 Å². The summed E-state index contributed by atoms with van der Waals surface area (Å²) in [7, 11) is -2.16. The Morgan fingerprint density at radius 3 is 1.56 bits per heavy atom. The number of unbranched alkanes of at least 4 members (excludes halogenated alkanes) is 1. The quantitative estimate of drug-likeness (QED) is 0.526. The highest BCUT2D eigenvalue weighted by molar-refractivity contribution is 7.02. The summed E-state index contributed by atoms with van der Waals surface area (Å²) in [4.78, 5) is 0. The zero-order chi connectivity index (χ0) is 13.0. The molecule has 1 unspecified atom stereocenters. The van der Waals surface area contributed by atoms with E-state index in [0.717, 1.165) is 5.92 Å². The molecule has 0 aliphatic carbocycles. The van der Waals surface area contributed by atoms with Crippen LogP contribution in [0.25, 0.3) is 0 Å². The van der Waals surface area contributed by atoms with Gasteiger partial charge in [-0.1, -0.05) is 78.8 Å². The van der Waals surface area contributed by atoms with Crippen molar-refractivity contribution < 1.29 is 0 Å². The van der Waals surface area contributed by atoms with E-state index in [2.05, 4.69) is 53.1 Å². The zero-order valence-electron chi connectivity index (χ0n) is 12.9. The average molecular weight is 258 g/mol. The third-order valence-electron chi connectivity index (χ3n) is 3.42. The van der Waals surface area contributed by atoms with Gasteiger partial charge in [0.05, 0.1) is 0 Å². The molecule has 0 spiro atoms. The molecule has 2 heteroatoms. The predicted octanol–water partition coefficient (Wildman–Crippen LogP) is 5.53. The Morgan fingerprint density at radius 2 is 1.31 bits per heavy atom. The van der Waals surface area contributed by atoms with Gasteiger partial charge in [-0.25, -0.2) is 0 Å². The lowest BCUT2D eigenvalue weighted by Gasteiger charge is -2.43. The van der Waals surface area contributed by atoms with E-state index in [-0.39, 0.29) is 0 Å². The molecule has 0 aromatic carbocycles. The van der Waals surface area contributed by atoms with Gasteiger partial charge < -0.3 is 0 Å². The summed E-state index contributed by atoms with van der Waals surface area (Å²) >= 11 is 0. The molecule has 1 radical (unpaired) electrons. The van der Waals surface area contributed by atoms with E-state index in [4.69, 9.17) is 0 Å². The van der Waals surface area contributed by atoms with E-state index in [1.54, 1.807) is 0 Å². The fourth-order valence-electron chi connectivity index (χ4n) is 3.35. The Bertz CT molecular complexity index is 172. The van der Waals surface area contributed by atoms with Gasteiger partial charge in [-0.05, 0) is 11.1 Å². The summed E-state index contributed by atoms with van der Waals surface area (Å²) in [6.07, 6.45) is 5.57. The van der Waals surface area contributed by atoms with Crippen molar-refractivity contribution in [2.75, 3.05) is 0 Å². The van der Waals surface area contributed by atoms with Crippen LogP contribution in [0.3, 0.4) is 0 Å². The molecular formula is C14H33Si2. The summed E-state index contributed by atoms with van der Waals surface area (Å²) < 4.78 is 0. The molecule has 0 aliphatic rings. The van der Waals surface area contributed by atoms with Crippen LogP contribution in [0.2, 0.25) is 39.3 Å². The molecule has 97 valence electrons. The number of hydrogen-bond acceptors (Lipinski definition) is 0. The second kappa shape index (κ2) is 6.39. The van der Waals surface area contributed by atoms with Gasteiger partial charge in [-0.2, -0.15) is 0 Å². The topological polar surface area (TPSA) is 0 Å². The van der Waals surface area contributed by atoms with Crippen molar-refractivity contribution in [3.8, 4) is 0 Å². The standard InChI is InChI=1S/C14H33Si2/c1-9-11-12-13(10-2)14(15(3,4)5)16(6,7)8/h13H,9-12H2,1-8H3. The monoisotopic (exact) mass is 257 g/mol. The summed E-state index contributed by atoms with van der Waals surface area (Å²) in [6, 6.07) is 0. The van der Waals surface area contributed by atoms with Crippen LogP contribution in [0.5, 0.6) is 0 Å². The Hall–Kier alpha value is 0.434. The van der Waals surface area contributed by atoms with Gasteiger partial charge >= 0.3 is 0 Å². The third-order valence-corrected chi connectivity index (χ3v) is 12.0. The molecule has 0 heterocycles. The lowest BCUT2D eigenvalue weighted by molar-refractivity contribution is 0.509. The van der Waals surface area contributed by atoms with Crippen molar-refractivity contribution >= 4 is 16.1 Å². The Labute approximate surface area is 106 Å². The fourth-order valence-corrected chi connectivity index (χ4v) is 15.5. The van der Waals surface area contributed by atoms with Crippen LogP contribution in [-0.4, -0.2) is 16.1 Å². The van der Waals surface area contributed by atoms with E-state index in [1.807, 2.05) is 5.16 Å². The maximum atomic E-state index is 2.55. The van der Waals surface area contributed by atoms with Gasteiger partial charge in [0, 0.05) is 16.1 Å². The molecule has 0 rings (SSSR count). The summed E-state index contributed by atoms with van der Waals surface area (Å²) in [6.45, 7) is 20.0. The third kappa shape index (κ3) is 5.18. The van der Waals surface area contributed by atoms with Crippen molar-refractivity contribution in [2.24, 2.45) is 5.92 Å². The number of rotatable bonds is 7. The Balaban J connectivity index is 4.86. The van der Waals surface area contributed by atoms with Crippen molar-refractivity contribution in [1.82, 2.24) is 0 Å². The second-order valence-corrected chi connectivity index (χ2v) is 17.7. The lowest BCUT2D eigenvalue weighted by Crippen LogP contribution is -2.50. The van der Waals surface area contributed by atoms with Crippen LogP contribution in [0, 0.1) is 11.1 Å². The molecule has 16 heavy (non-hydrogen) atoms. The maximum Gasteiger partial charge on any atom is 0.0481 e. The first-order chi connectivity index (χ1) is 7.14. The molecule has 1 atom stereocenters. The van der Waals surface area contributed by atoms with Gasteiger partial charge in [0.25, 0.3) is 0 Å². The van der Waals surface area contributed by atoms with Crippen LogP contribution >= 0.6 is 0 Å². The zero-order valence-corrected chi connectivity index (χ0v) is 14.9. The van der Waals surface area contributed by atoms with Gasteiger partial charge in [0.15, 0.2) is 0 Å². The highest BCUT2D eigenvalue weighted by atomic mass is 28.4. The lowest BCUT2D eigenvalue weighted by atomic mass is 10.0. The molecule has 0 bridgehead atoms. The van der Waals surface area contributed by atoms with Crippen LogP contribution < -0.4 is 0 Å².